The number of hydrogen-bond donors (Lipinski definition) is 1. The summed E-state index contributed by atoms with van der Waals surface area (Å²) < 4.78 is 10.4. The molecule has 0 radical (unpaired) electrons. The molecular formula is C11H13NO3. The lowest BCUT2D eigenvalue weighted by Gasteiger charge is -2.03. The van der Waals surface area contributed by atoms with Crippen LogP contribution in [0.15, 0.2) is 27.4 Å². The van der Waals surface area contributed by atoms with Gasteiger partial charge in [0.1, 0.15) is 5.75 Å². The van der Waals surface area contributed by atoms with Gasteiger partial charge in [-0.1, -0.05) is 13.3 Å². The number of H-pyrrole nitrogens is 1. The molecule has 0 aliphatic rings. The minimum absolute atomic E-state index is 0.435. The predicted octanol–water partition coefficient (Wildman–Crippen LogP) is 2.30. The van der Waals surface area contributed by atoms with Crippen LogP contribution in [0, 0.1) is 0 Å². The second-order valence-corrected chi connectivity index (χ2v) is 3.37. The van der Waals surface area contributed by atoms with Crippen molar-refractivity contribution in [3.05, 3.63) is 28.7 Å². The summed E-state index contributed by atoms with van der Waals surface area (Å²) in [4.78, 5) is 13.5. The van der Waals surface area contributed by atoms with Gasteiger partial charge in [0.25, 0.3) is 0 Å². The molecule has 4 nitrogen and oxygen atoms in total. The van der Waals surface area contributed by atoms with Gasteiger partial charge in [-0.25, -0.2) is 4.79 Å². The second-order valence-electron chi connectivity index (χ2n) is 3.37. The molecule has 0 saturated heterocycles. The van der Waals surface area contributed by atoms with Crippen molar-refractivity contribution < 1.29 is 9.15 Å². The summed E-state index contributed by atoms with van der Waals surface area (Å²) in [6, 6.07) is 5.33. The number of fused-ring (bicyclic) bond motifs is 1. The number of benzene rings is 1. The van der Waals surface area contributed by atoms with Gasteiger partial charge in [-0.15, -0.1) is 0 Å². The van der Waals surface area contributed by atoms with Crippen molar-refractivity contribution in [3.8, 4) is 5.75 Å². The molecule has 1 N–H and O–H groups in total. The van der Waals surface area contributed by atoms with E-state index < -0.39 is 5.76 Å². The molecule has 0 bridgehead atoms. The average Bonchev–Trinajstić information content (AvgIpc) is 2.57. The zero-order valence-corrected chi connectivity index (χ0v) is 8.58. The number of aromatic nitrogens is 1. The molecule has 1 heterocycles. The van der Waals surface area contributed by atoms with E-state index in [1.807, 2.05) is 6.07 Å². The highest BCUT2D eigenvalue weighted by Crippen LogP contribution is 2.18. The lowest BCUT2D eigenvalue weighted by molar-refractivity contribution is 0.309. The summed E-state index contributed by atoms with van der Waals surface area (Å²) in [5.41, 5.74) is 1.23. The summed E-state index contributed by atoms with van der Waals surface area (Å²) in [5.74, 6) is 0.300. The molecule has 80 valence electrons. The van der Waals surface area contributed by atoms with Crippen LogP contribution >= 0.6 is 0 Å². The summed E-state index contributed by atoms with van der Waals surface area (Å²) in [7, 11) is 0. The normalized spacial score (nSPS) is 10.7. The molecule has 0 saturated carbocycles. The molecule has 4 heteroatoms. The van der Waals surface area contributed by atoms with Crippen LogP contribution in [0.5, 0.6) is 5.75 Å². The Hall–Kier alpha value is -1.71. The van der Waals surface area contributed by atoms with Crippen LogP contribution in [0.2, 0.25) is 0 Å². The Balaban J connectivity index is 2.19. The van der Waals surface area contributed by atoms with Gasteiger partial charge in [0.15, 0.2) is 5.58 Å². The summed E-state index contributed by atoms with van der Waals surface area (Å²) >= 11 is 0. The van der Waals surface area contributed by atoms with Crippen LogP contribution in [0.3, 0.4) is 0 Å². The molecule has 0 fully saturated rings. The third kappa shape index (κ3) is 2.21. The molecule has 2 aromatic rings. The Bertz CT molecular complexity index is 498. The molecule has 15 heavy (non-hydrogen) atoms. The van der Waals surface area contributed by atoms with Gasteiger partial charge in [-0.2, -0.15) is 0 Å². The Labute approximate surface area is 86.9 Å². The maximum atomic E-state index is 10.9. The van der Waals surface area contributed by atoms with Crippen molar-refractivity contribution in [2.45, 2.75) is 19.8 Å². The first-order valence-electron chi connectivity index (χ1n) is 5.05. The first kappa shape index (κ1) is 9.83. The Kier molecular flexibility index (Phi) is 2.76. The molecule has 0 aliphatic carbocycles. The lowest BCUT2D eigenvalue weighted by Crippen LogP contribution is -1.95. The number of ether oxygens (including phenoxy) is 1. The maximum absolute atomic E-state index is 10.9. The monoisotopic (exact) mass is 207 g/mol. The molecule has 1 aromatic carbocycles. The van der Waals surface area contributed by atoms with Crippen LogP contribution < -0.4 is 10.5 Å². The van der Waals surface area contributed by atoms with E-state index in [9.17, 15) is 4.79 Å². The minimum Gasteiger partial charge on any atom is -0.493 e. The second kappa shape index (κ2) is 4.21. The van der Waals surface area contributed by atoms with Crippen molar-refractivity contribution >= 4 is 11.1 Å². The van der Waals surface area contributed by atoms with Crippen LogP contribution in [0.1, 0.15) is 19.8 Å². The highest BCUT2D eigenvalue weighted by Gasteiger charge is 2.02. The SMILES string of the molecule is CCCCOc1ccc2[nH]c(=O)oc2c1. The smallest absolute Gasteiger partial charge is 0.417 e. The number of aromatic amines is 1. The van der Waals surface area contributed by atoms with Gasteiger partial charge < -0.3 is 9.15 Å². The number of oxazole rings is 1. The summed E-state index contributed by atoms with van der Waals surface area (Å²) in [6.07, 6.45) is 2.12. The Morgan fingerprint density at radius 1 is 1.47 bits per heavy atom. The van der Waals surface area contributed by atoms with E-state index in [1.165, 1.54) is 0 Å². The largest absolute Gasteiger partial charge is 0.493 e. The van der Waals surface area contributed by atoms with Crippen molar-refractivity contribution in [2.24, 2.45) is 0 Å². The van der Waals surface area contributed by atoms with E-state index >= 15 is 0 Å². The number of nitrogens with one attached hydrogen (secondary N) is 1. The highest BCUT2D eigenvalue weighted by molar-refractivity contribution is 5.73. The third-order valence-electron chi connectivity index (χ3n) is 2.16. The van der Waals surface area contributed by atoms with Crippen molar-refractivity contribution in [1.82, 2.24) is 4.98 Å². The molecule has 1 aromatic heterocycles. The zero-order valence-electron chi connectivity index (χ0n) is 8.58. The van der Waals surface area contributed by atoms with Crippen LogP contribution in [0.25, 0.3) is 11.1 Å². The molecule has 0 spiro atoms. The first-order valence-corrected chi connectivity index (χ1v) is 5.05. The fourth-order valence-electron chi connectivity index (χ4n) is 1.35. The fraction of sp³-hybridized carbons (Fsp3) is 0.364. The van der Waals surface area contributed by atoms with Crippen LogP contribution in [0.4, 0.5) is 0 Å². The van der Waals surface area contributed by atoms with E-state index in [0.29, 0.717) is 17.7 Å². The van der Waals surface area contributed by atoms with E-state index in [4.69, 9.17) is 9.15 Å². The minimum atomic E-state index is -0.435. The average molecular weight is 207 g/mol. The van der Waals surface area contributed by atoms with E-state index in [2.05, 4.69) is 11.9 Å². The molecule has 0 amide bonds. The highest BCUT2D eigenvalue weighted by atomic mass is 16.5. The lowest BCUT2D eigenvalue weighted by atomic mass is 10.3. The molecule has 0 unspecified atom stereocenters. The topological polar surface area (TPSA) is 55.2 Å². The molecule has 0 atom stereocenters. The zero-order chi connectivity index (χ0) is 10.7. The van der Waals surface area contributed by atoms with Gasteiger partial charge in [0, 0.05) is 6.07 Å². The van der Waals surface area contributed by atoms with Gasteiger partial charge >= 0.3 is 5.76 Å². The van der Waals surface area contributed by atoms with Gasteiger partial charge in [0.05, 0.1) is 12.1 Å². The van der Waals surface area contributed by atoms with Crippen molar-refractivity contribution in [3.63, 3.8) is 0 Å². The molecule has 0 aliphatic heterocycles. The fourth-order valence-corrected chi connectivity index (χ4v) is 1.35. The molecular weight excluding hydrogens is 194 g/mol. The van der Waals surface area contributed by atoms with Gasteiger partial charge in [-0.05, 0) is 18.6 Å². The Morgan fingerprint density at radius 2 is 2.33 bits per heavy atom. The van der Waals surface area contributed by atoms with Crippen molar-refractivity contribution in [2.75, 3.05) is 6.61 Å². The first-order chi connectivity index (χ1) is 7.29. The van der Waals surface area contributed by atoms with E-state index in [0.717, 1.165) is 18.6 Å². The third-order valence-corrected chi connectivity index (χ3v) is 2.16. The van der Waals surface area contributed by atoms with Crippen LogP contribution in [-0.2, 0) is 0 Å². The summed E-state index contributed by atoms with van der Waals surface area (Å²) in [6.45, 7) is 2.80. The van der Waals surface area contributed by atoms with E-state index in [1.54, 1.807) is 12.1 Å². The van der Waals surface area contributed by atoms with Gasteiger partial charge in [0.2, 0.25) is 0 Å². The number of hydrogen-bond acceptors (Lipinski definition) is 3. The maximum Gasteiger partial charge on any atom is 0.417 e. The van der Waals surface area contributed by atoms with Crippen molar-refractivity contribution in [1.29, 1.82) is 0 Å². The Morgan fingerprint density at radius 3 is 3.13 bits per heavy atom. The van der Waals surface area contributed by atoms with Gasteiger partial charge in [-0.3, -0.25) is 4.98 Å². The number of rotatable bonds is 4. The quantitative estimate of drug-likeness (QED) is 0.782. The standard InChI is InChI=1S/C11H13NO3/c1-2-3-6-14-8-4-5-9-10(7-8)15-11(13)12-9/h4-5,7H,2-3,6H2,1H3,(H,12,13). The summed E-state index contributed by atoms with van der Waals surface area (Å²) in [5, 5.41) is 0. The van der Waals surface area contributed by atoms with E-state index in [-0.39, 0.29) is 0 Å². The van der Waals surface area contributed by atoms with Crippen LogP contribution in [-0.4, -0.2) is 11.6 Å². The number of unbranched alkanes of at least 4 members (excludes halogenated alkanes) is 1. The predicted molar refractivity (Wildman–Crippen MR) is 57.2 cm³/mol. The molecule has 2 rings (SSSR count).